The van der Waals surface area contributed by atoms with Crippen molar-refractivity contribution in [1.29, 1.82) is 0 Å². The van der Waals surface area contributed by atoms with Crippen LogP contribution in [0.15, 0.2) is 48.2 Å². The molecule has 0 spiro atoms. The first-order valence-corrected chi connectivity index (χ1v) is 10.3. The molecule has 2 amide bonds. The van der Waals surface area contributed by atoms with Gasteiger partial charge in [-0.1, -0.05) is 24.3 Å². The number of hydrogen-bond acceptors (Lipinski definition) is 5. The monoisotopic (exact) mass is 394 g/mol. The van der Waals surface area contributed by atoms with Gasteiger partial charge in [0.25, 0.3) is 0 Å². The van der Waals surface area contributed by atoms with Crippen molar-refractivity contribution < 1.29 is 14.3 Å². The SMILES string of the molecule is CC(=O)NC[C@H]1CN(C2C=CC(C34CC3CN(c3ccccn3)C4)=CC2)C(=O)O1. The summed E-state index contributed by atoms with van der Waals surface area (Å²) >= 11 is 0. The zero-order valence-electron chi connectivity index (χ0n) is 16.6. The molecule has 2 saturated heterocycles. The molecule has 4 atom stereocenters. The fraction of sp³-hybridized carbons (Fsp3) is 0.500. The topological polar surface area (TPSA) is 74.8 Å². The molecule has 5 rings (SSSR count). The Morgan fingerprint density at radius 1 is 1.38 bits per heavy atom. The lowest BCUT2D eigenvalue weighted by molar-refractivity contribution is -0.119. The van der Waals surface area contributed by atoms with E-state index in [0.717, 1.165) is 25.3 Å². The maximum atomic E-state index is 12.3. The summed E-state index contributed by atoms with van der Waals surface area (Å²) in [5.41, 5.74) is 1.65. The minimum atomic E-state index is -0.295. The predicted molar refractivity (Wildman–Crippen MR) is 108 cm³/mol. The van der Waals surface area contributed by atoms with Crippen molar-refractivity contribution in [3.05, 3.63) is 48.2 Å². The number of pyridine rings is 1. The highest BCUT2D eigenvalue weighted by atomic mass is 16.6. The minimum Gasteiger partial charge on any atom is -0.442 e. The summed E-state index contributed by atoms with van der Waals surface area (Å²) in [5.74, 6) is 1.64. The second-order valence-corrected chi connectivity index (χ2v) is 8.54. The van der Waals surface area contributed by atoms with Gasteiger partial charge in [-0.15, -0.1) is 0 Å². The first-order chi connectivity index (χ1) is 14.0. The van der Waals surface area contributed by atoms with Crippen molar-refractivity contribution in [3.8, 4) is 0 Å². The molecule has 3 unspecified atom stereocenters. The third-order valence-corrected chi connectivity index (χ3v) is 6.65. The van der Waals surface area contributed by atoms with Crippen LogP contribution in [0.5, 0.6) is 0 Å². The number of aromatic nitrogens is 1. The summed E-state index contributed by atoms with van der Waals surface area (Å²) in [6.45, 7) is 4.42. The molecule has 3 fully saturated rings. The van der Waals surface area contributed by atoms with E-state index in [1.165, 1.54) is 18.9 Å². The number of ether oxygens (including phenoxy) is 1. The van der Waals surface area contributed by atoms with Crippen LogP contribution >= 0.6 is 0 Å². The lowest BCUT2D eigenvalue weighted by Crippen LogP contribution is -2.38. The first kappa shape index (κ1) is 18.2. The second kappa shape index (κ2) is 6.90. The van der Waals surface area contributed by atoms with Crippen molar-refractivity contribution in [3.63, 3.8) is 0 Å². The van der Waals surface area contributed by atoms with E-state index in [0.29, 0.717) is 19.0 Å². The van der Waals surface area contributed by atoms with Crippen LogP contribution < -0.4 is 10.2 Å². The van der Waals surface area contributed by atoms with E-state index in [1.807, 2.05) is 18.3 Å². The van der Waals surface area contributed by atoms with Gasteiger partial charge in [-0.2, -0.15) is 0 Å². The van der Waals surface area contributed by atoms with Gasteiger partial charge in [-0.25, -0.2) is 9.78 Å². The maximum absolute atomic E-state index is 12.3. The van der Waals surface area contributed by atoms with Crippen LogP contribution in [0.25, 0.3) is 0 Å². The summed E-state index contributed by atoms with van der Waals surface area (Å²) in [4.78, 5) is 32.0. The number of carbonyl (C=O) groups excluding carboxylic acids is 2. The standard InChI is InChI=1S/C22H26N4O3/c1-15(27)24-11-19-13-26(21(28)29-19)18-7-5-16(6-8-18)22-10-17(22)12-25(14-22)20-4-2-3-9-23-20/h2-7,9,17-19H,8,10-14H2,1H3,(H,24,27)/t17?,18?,19-,22?/m0/s1. The van der Waals surface area contributed by atoms with E-state index in [2.05, 4.69) is 39.5 Å². The maximum Gasteiger partial charge on any atom is 0.410 e. The Morgan fingerprint density at radius 2 is 2.28 bits per heavy atom. The molecule has 29 heavy (non-hydrogen) atoms. The fourth-order valence-electron chi connectivity index (χ4n) is 5.03. The number of piperidine rings is 1. The van der Waals surface area contributed by atoms with Crippen LogP contribution in [0.4, 0.5) is 10.6 Å². The van der Waals surface area contributed by atoms with Gasteiger partial charge >= 0.3 is 6.09 Å². The molecule has 1 saturated carbocycles. The normalized spacial score (nSPS) is 32.7. The summed E-state index contributed by atoms with van der Waals surface area (Å²) in [6.07, 6.45) is 9.99. The number of nitrogens with one attached hydrogen (secondary N) is 1. The van der Waals surface area contributed by atoms with Gasteiger partial charge in [0.2, 0.25) is 5.91 Å². The average molecular weight is 394 g/mol. The number of hydrogen-bond donors (Lipinski definition) is 1. The molecular formula is C22H26N4O3. The third kappa shape index (κ3) is 3.28. The Labute approximate surface area is 170 Å². The van der Waals surface area contributed by atoms with Crippen molar-refractivity contribution in [2.45, 2.75) is 31.9 Å². The minimum absolute atomic E-state index is 0.0236. The van der Waals surface area contributed by atoms with Gasteiger partial charge < -0.3 is 15.0 Å². The van der Waals surface area contributed by atoms with Gasteiger partial charge in [0.1, 0.15) is 11.9 Å². The number of anilines is 1. The fourth-order valence-corrected chi connectivity index (χ4v) is 5.03. The van der Waals surface area contributed by atoms with Crippen LogP contribution in [-0.2, 0) is 9.53 Å². The lowest BCUT2D eigenvalue weighted by Gasteiger charge is -2.28. The second-order valence-electron chi connectivity index (χ2n) is 8.54. The third-order valence-electron chi connectivity index (χ3n) is 6.65. The molecule has 0 aromatic carbocycles. The molecule has 7 nitrogen and oxygen atoms in total. The van der Waals surface area contributed by atoms with Gasteiger partial charge in [-0.3, -0.25) is 9.69 Å². The van der Waals surface area contributed by atoms with E-state index < -0.39 is 0 Å². The van der Waals surface area contributed by atoms with Gasteiger partial charge in [0.15, 0.2) is 0 Å². The van der Waals surface area contributed by atoms with Crippen molar-refractivity contribution >= 4 is 17.8 Å². The molecule has 2 aliphatic carbocycles. The molecule has 0 bridgehead atoms. The number of allylic oxidation sites excluding steroid dienone is 1. The Bertz CT molecular complexity index is 883. The van der Waals surface area contributed by atoms with E-state index in [-0.39, 0.29) is 29.6 Å². The molecule has 152 valence electrons. The molecular weight excluding hydrogens is 368 g/mol. The van der Waals surface area contributed by atoms with E-state index >= 15 is 0 Å². The van der Waals surface area contributed by atoms with Crippen molar-refractivity contribution in [2.75, 3.05) is 31.1 Å². The average Bonchev–Trinajstić information content (AvgIpc) is 3.10. The number of amides is 2. The zero-order valence-corrected chi connectivity index (χ0v) is 16.6. The van der Waals surface area contributed by atoms with Crippen molar-refractivity contribution in [1.82, 2.24) is 15.2 Å². The molecule has 7 heteroatoms. The quantitative estimate of drug-likeness (QED) is 0.828. The molecule has 2 aliphatic heterocycles. The Morgan fingerprint density at radius 3 is 3.00 bits per heavy atom. The van der Waals surface area contributed by atoms with Gasteiger partial charge in [-0.05, 0) is 36.5 Å². The number of fused-ring (bicyclic) bond motifs is 1. The molecule has 1 aromatic rings. The Kier molecular flexibility index (Phi) is 4.33. The van der Waals surface area contributed by atoms with Crippen LogP contribution in [0.3, 0.4) is 0 Å². The summed E-state index contributed by atoms with van der Waals surface area (Å²) in [5, 5.41) is 2.72. The molecule has 1 aromatic heterocycles. The molecule has 4 aliphatic rings. The zero-order chi connectivity index (χ0) is 20.0. The van der Waals surface area contributed by atoms with Gasteiger partial charge in [0, 0.05) is 31.6 Å². The highest BCUT2D eigenvalue weighted by Crippen LogP contribution is 2.63. The number of cyclic esters (lactones) is 1. The largest absolute Gasteiger partial charge is 0.442 e. The molecule has 3 heterocycles. The number of rotatable bonds is 5. The first-order valence-electron chi connectivity index (χ1n) is 10.3. The lowest BCUT2D eigenvalue weighted by atomic mass is 9.88. The summed E-state index contributed by atoms with van der Waals surface area (Å²) in [7, 11) is 0. The van der Waals surface area contributed by atoms with Crippen LogP contribution in [-0.4, -0.2) is 60.2 Å². The molecule has 1 N–H and O–H groups in total. The van der Waals surface area contributed by atoms with E-state index in [4.69, 9.17) is 4.74 Å². The number of carbonyl (C=O) groups is 2. The highest BCUT2D eigenvalue weighted by molar-refractivity contribution is 5.73. The predicted octanol–water partition coefficient (Wildman–Crippen LogP) is 2.12. The number of nitrogens with zero attached hydrogens (tertiary/aromatic N) is 3. The van der Waals surface area contributed by atoms with Crippen LogP contribution in [0.2, 0.25) is 0 Å². The Hall–Kier alpha value is -2.83. The summed E-state index contributed by atoms with van der Waals surface area (Å²) < 4.78 is 5.40. The molecule has 0 radical (unpaired) electrons. The van der Waals surface area contributed by atoms with Crippen molar-refractivity contribution in [2.24, 2.45) is 11.3 Å². The van der Waals surface area contributed by atoms with E-state index in [1.54, 1.807) is 4.90 Å². The van der Waals surface area contributed by atoms with Crippen LogP contribution in [0, 0.1) is 11.3 Å². The van der Waals surface area contributed by atoms with Gasteiger partial charge in [0.05, 0.1) is 19.1 Å². The highest BCUT2D eigenvalue weighted by Gasteiger charge is 2.61. The van der Waals surface area contributed by atoms with Crippen LogP contribution in [0.1, 0.15) is 19.8 Å². The summed E-state index contributed by atoms with van der Waals surface area (Å²) in [6, 6.07) is 6.09. The smallest absolute Gasteiger partial charge is 0.410 e. The Balaban J connectivity index is 1.21. The van der Waals surface area contributed by atoms with E-state index in [9.17, 15) is 9.59 Å².